The van der Waals surface area contributed by atoms with Gasteiger partial charge in [0.15, 0.2) is 5.79 Å². The second kappa shape index (κ2) is 5.76. The van der Waals surface area contributed by atoms with Crippen molar-refractivity contribution in [1.29, 1.82) is 0 Å². The number of Topliss-reactive ketones (excluding diaryl/α,β-unsaturated/α-hetero) is 1. The summed E-state index contributed by atoms with van der Waals surface area (Å²) in [5.41, 5.74) is -0.976. The second-order valence-electron chi connectivity index (χ2n) is 10.3. The molecule has 0 bridgehead atoms. The Morgan fingerprint density at radius 2 is 1.70 bits per heavy atom. The zero-order valence-electron chi connectivity index (χ0n) is 16.3. The smallest absolute Gasteiger partial charge is 0.168 e. The van der Waals surface area contributed by atoms with Crippen LogP contribution in [-0.4, -0.2) is 58.4 Å². The highest BCUT2D eigenvalue weighted by Crippen LogP contribution is 2.66. The van der Waals surface area contributed by atoms with Crippen molar-refractivity contribution in [3.63, 3.8) is 0 Å². The summed E-state index contributed by atoms with van der Waals surface area (Å²) >= 11 is 0. The summed E-state index contributed by atoms with van der Waals surface area (Å²) in [5, 5.41) is 32.9. The fourth-order valence-electron chi connectivity index (χ4n) is 7.72. The van der Waals surface area contributed by atoms with Gasteiger partial charge >= 0.3 is 0 Å². The Balaban J connectivity index is 1.51. The summed E-state index contributed by atoms with van der Waals surface area (Å²) in [6.07, 6.45) is 1.71. The molecule has 5 aliphatic rings. The minimum Gasteiger partial charge on any atom is -0.393 e. The Hall–Kier alpha value is -0.530. The van der Waals surface area contributed by atoms with E-state index in [1.165, 1.54) is 0 Å². The van der Waals surface area contributed by atoms with Gasteiger partial charge in [-0.3, -0.25) is 4.79 Å². The maximum absolute atomic E-state index is 12.6. The predicted octanol–water partition coefficient (Wildman–Crippen LogP) is 1.25. The van der Waals surface area contributed by atoms with Crippen LogP contribution in [0.5, 0.6) is 0 Å². The van der Waals surface area contributed by atoms with Crippen molar-refractivity contribution in [2.45, 2.75) is 76.5 Å². The van der Waals surface area contributed by atoms with Crippen LogP contribution in [0.1, 0.15) is 52.4 Å². The predicted molar refractivity (Wildman–Crippen MR) is 95.5 cm³/mol. The number of ether oxygens (including phenoxy) is 2. The average Bonchev–Trinajstić information content (AvgIpc) is 3.15. The van der Waals surface area contributed by atoms with Crippen molar-refractivity contribution in [2.75, 3.05) is 13.2 Å². The molecule has 6 nitrogen and oxygen atoms in total. The van der Waals surface area contributed by atoms with E-state index in [1.807, 2.05) is 0 Å². The molecule has 0 aromatic rings. The molecule has 0 unspecified atom stereocenters. The van der Waals surface area contributed by atoms with Crippen molar-refractivity contribution < 1.29 is 29.6 Å². The van der Waals surface area contributed by atoms with Gasteiger partial charge in [-0.05, 0) is 49.4 Å². The first kappa shape index (κ1) is 18.5. The first-order chi connectivity index (χ1) is 12.7. The van der Waals surface area contributed by atoms with Crippen LogP contribution < -0.4 is 0 Å². The molecule has 5 fully saturated rings. The zero-order valence-corrected chi connectivity index (χ0v) is 16.3. The molecule has 152 valence electrons. The molecule has 4 saturated carbocycles. The molecule has 6 heteroatoms. The second-order valence-corrected chi connectivity index (χ2v) is 10.3. The Morgan fingerprint density at radius 1 is 1.00 bits per heavy atom. The van der Waals surface area contributed by atoms with Crippen LogP contribution in [0.4, 0.5) is 0 Å². The SMILES string of the molecule is C[C@]12CCC3(C[C@@H]1C[C@H](O)[C@H]1[C@@H]4[C@@H](O)CC(=O)[C@@]4(C)[C@@H](O)C[C@@H]12)OCCO3. The fraction of sp³-hybridized carbons (Fsp3) is 0.952. The minimum absolute atomic E-state index is 0.0435. The third-order valence-electron chi connectivity index (χ3n) is 9.32. The van der Waals surface area contributed by atoms with E-state index in [9.17, 15) is 20.1 Å². The fourth-order valence-corrected chi connectivity index (χ4v) is 7.72. The maximum Gasteiger partial charge on any atom is 0.168 e. The first-order valence-corrected chi connectivity index (χ1v) is 10.6. The van der Waals surface area contributed by atoms with Crippen LogP contribution in [0.3, 0.4) is 0 Å². The molecule has 1 heterocycles. The number of ketones is 1. The Labute approximate surface area is 160 Å². The molecule has 0 radical (unpaired) electrons. The lowest BCUT2D eigenvalue weighted by Crippen LogP contribution is -2.64. The summed E-state index contributed by atoms with van der Waals surface area (Å²) in [7, 11) is 0. The standard InChI is InChI=1S/C21H32O6/c1-19-3-4-21(26-5-6-27-21)10-11(19)7-13(22)17-12(19)8-15(24)20(2)16(25)9-14(23)18(17)20/h11-15,17-18,22-24H,3-10H2,1-2H3/t11-,12-,13-,14-,15-,17-,18-,19-,20+/m0/s1. The number of carbonyl (C=O) groups excluding carboxylic acids is 1. The third-order valence-corrected chi connectivity index (χ3v) is 9.32. The van der Waals surface area contributed by atoms with Gasteiger partial charge in [0.25, 0.3) is 0 Å². The van der Waals surface area contributed by atoms with Crippen LogP contribution in [-0.2, 0) is 14.3 Å². The first-order valence-electron chi connectivity index (χ1n) is 10.6. The van der Waals surface area contributed by atoms with E-state index >= 15 is 0 Å². The number of aliphatic hydroxyl groups excluding tert-OH is 3. The van der Waals surface area contributed by atoms with Gasteiger partial charge in [-0.2, -0.15) is 0 Å². The molecule has 0 amide bonds. The van der Waals surface area contributed by atoms with Crippen LogP contribution in [0.25, 0.3) is 0 Å². The van der Waals surface area contributed by atoms with Crippen molar-refractivity contribution >= 4 is 5.78 Å². The molecular weight excluding hydrogens is 348 g/mol. The highest BCUT2D eigenvalue weighted by molar-refractivity contribution is 5.88. The summed E-state index contributed by atoms with van der Waals surface area (Å²) in [6.45, 7) is 5.34. The number of fused-ring (bicyclic) bond motifs is 5. The van der Waals surface area contributed by atoms with E-state index in [0.29, 0.717) is 26.1 Å². The number of carbonyl (C=O) groups is 1. The quantitative estimate of drug-likeness (QED) is 0.585. The van der Waals surface area contributed by atoms with E-state index in [1.54, 1.807) is 6.92 Å². The normalized spacial score (nSPS) is 56.6. The number of aliphatic hydroxyl groups is 3. The van der Waals surface area contributed by atoms with Gasteiger partial charge < -0.3 is 24.8 Å². The van der Waals surface area contributed by atoms with Crippen LogP contribution in [0, 0.1) is 34.5 Å². The number of hydrogen-bond acceptors (Lipinski definition) is 6. The molecule has 1 spiro atoms. The van der Waals surface area contributed by atoms with Crippen LogP contribution in [0.15, 0.2) is 0 Å². The highest BCUT2D eigenvalue weighted by atomic mass is 16.7. The Kier molecular flexibility index (Phi) is 3.94. The average molecular weight is 380 g/mol. The van der Waals surface area contributed by atoms with Crippen LogP contribution >= 0.6 is 0 Å². The van der Waals surface area contributed by atoms with E-state index in [-0.39, 0.29) is 41.3 Å². The summed E-state index contributed by atoms with van der Waals surface area (Å²) in [5.74, 6) is -0.700. The molecule has 5 rings (SSSR count). The number of hydrogen-bond donors (Lipinski definition) is 3. The van der Waals surface area contributed by atoms with Gasteiger partial charge in [-0.15, -0.1) is 0 Å². The third kappa shape index (κ3) is 2.28. The molecule has 27 heavy (non-hydrogen) atoms. The molecule has 4 aliphatic carbocycles. The molecule has 9 atom stereocenters. The van der Waals surface area contributed by atoms with Crippen molar-refractivity contribution in [3.05, 3.63) is 0 Å². The van der Waals surface area contributed by atoms with Gasteiger partial charge in [-0.1, -0.05) is 6.92 Å². The molecule has 0 aromatic carbocycles. The lowest BCUT2D eigenvalue weighted by atomic mass is 9.43. The highest BCUT2D eigenvalue weighted by Gasteiger charge is 2.68. The Morgan fingerprint density at radius 3 is 2.41 bits per heavy atom. The topological polar surface area (TPSA) is 96.2 Å². The van der Waals surface area contributed by atoms with E-state index in [2.05, 4.69) is 6.92 Å². The van der Waals surface area contributed by atoms with E-state index in [4.69, 9.17) is 9.47 Å². The molecule has 3 N–H and O–H groups in total. The monoisotopic (exact) mass is 380 g/mol. The van der Waals surface area contributed by atoms with Crippen molar-refractivity contribution in [1.82, 2.24) is 0 Å². The van der Waals surface area contributed by atoms with E-state index < -0.39 is 29.5 Å². The van der Waals surface area contributed by atoms with Gasteiger partial charge in [0, 0.05) is 25.2 Å². The minimum atomic E-state index is -0.932. The largest absolute Gasteiger partial charge is 0.393 e. The summed E-state index contributed by atoms with van der Waals surface area (Å²) in [4.78, 5) is 12.6. The molecular formula is C21H32O6. The van der Waals surface area contributed by atoms with Gasteiger partial charge in [-0.25, -0.2) is 0 Å². The summed E-state index contributed by atoms with van der Waals surface area (Å²) < 4.78 is 11.9. The Bertz CT molecular complexity index is 645. The molecule has 0 aromatic heterocycles. The lowest BCUT2D eigenvalue weighted by Gasteiger charge is -2.63. The van der Waals surface area contributed by atoms with Crippen LogP contribution in [0.2, 0.25) is 0 Å². The van der Waals surface area contributed by atoms with Gasteiger partial charge in [0.1, 0.15) is 5.78 Å². The van der Waals surface area contributed by atoms with Gasteiger partial charge in [0.2, 0.25) is 0 Å². The van der Waals surface area contributed by atoms with Crippen molar-refractivity contribution in [2.24, 2.45) is 34.5 Å². The molecule has 1 aliphatic heterocycles. The number of rotatable bonds is 0. The van der Waals surface area contributed by atoms with Gasteiger partial charge in [0.05, 0.1) is 36.9 Å². The molecule has 1 saturated heterocycles. The zero-order chi connectivity index (χ0) is 19.2. The maximum atomic E-state index is 12.6. The van der Waals surface area contributed by atoms with Crippen molar-refractivity contribution in [3.8, 4) is 0 Å². The van der Waals surface area contributed by atoms with E-state index in [0.717, 1.165) is 19.3 Å². The lowest BCUT2D eigenvalue weighted by molar-refractivity contribution is -0.252. The summed E-state index contributed by atoms with van der Waals surface area (Å²) in [6, 6.07) is 0.